The molecule has 0 aromatic carbocycles. The third kappa shape index (κ3) is 5.37. The van der Waals surface area contributed by atoms with Gasteiger partial charge in [0.05, 0.1) is 24.6 Å². The Kier molecular flexibility index (Phi) is 6.77. The number of hydrogen-bond acceptors (Lipinski definition) is 7. The Hall–Kier alpha value is -1.77. The molecular weight excluding hydrogens is 366 g/mol. The van der Waals surface area contributed by atoms with Crippen LogP contribution in [0.2, 0.25) is 0 Å². The van der Waals surface area contributed by atoms with Gasteiger partial charge in [-0.1, -0.05) is 20.8 Å². The second kappa shape index (κ2) is 8.50. The molecular formula is C19H29N3O4S. The molecule has 0 bridgehead atoms. The molecule has 27 heavy (non-hydrogen) atoms. The van der Waals surface area contributed by atoms with Gasteiger partial charge in [-0.3, -0.25) is 9.69 Å². The number of H-pyrrole nitrogens is 1. The van der Waals surface area contributed by atoms with Crippen LogP contribution < -0.4 is 5.56 Å². The second-order valence-electron chi connectivity index (χ2n) is 7.82. The van der Waals surface area contributed by atoms with Crippen molar-refractivity contribution < 1.29 is 14.6 Å². The van der Waals surface area contributed by atoms with Crippen LogP contribution in [0.5, 0.6) is 0 Å². The molecule has 2 N–H and O–H groups in total. The minimum absolute atomic E-state index is 0.244. The maximum atomic E-state index is 12.7. The predicted octanol–water partition coefficient (Wildman–Crippen LogP) is 2.56. The molecule has 0 aliphatic rings. The number of hydrogen-bond donors (Lipinski definition) is 2. The van der Waals surface area contributed by atoms with Gasteiger partial charge in [-0.25, -0.2) is 9.78 Å². The van der Waals surface area contributed by atoms with E-state index in [9.17, 15) is 14.7 Å². The zero-order valence-electron chi connectivity index (χ0n) is 16.9. The summed E-state index contributed by atoms with van der Waals surface area (Å²) in [6, 6.07) is 0. The number of methoxy groups -OCH3 is 1. The molecule has 0 fully saturated rings. The molecule has 0 atom stereocenters. The molecule has 8 heteroatoms. The highest BCUT2D eigenvalue weighted by atomic mass is 32.1. The van der Waals surface area contributed by atoms with Gasteiger partial charge in [0.15, 0.2) is 0 Å². The predicted molar refractivity (Wildman–Crippen MR) is 107 cm³/mol. The summed E-state index contributed by atoms with van der Waals surface area (Å²) in [6.45, 7) is 11.3. The summed E-state index contributed by atoms with van der Waals surface area (Å²) >= 11 is 1.19. The number of aromatic amines is 1. The van der Waals surface area contributed by atoms with Crippen molar-refractivity contribution in [3.8, 4) is 0 Å². The Labute approximate surface area is 163 Å². The van der Waals surface area contributed by atoms with Crippen LogP contribution >= 0.6 is 11.3 Å². The van der Waals surface area contributed by atoms with Gasteiger partial charge >= 0.3 is 5.97 Å². The third-order valence-electron chi connectivity index (χ3n) is 4.04. The first-order chi connectivity index (χ1) is 12.6. The SMILES string of the molecule is CCc1c(C(=O)OC)sc2nc(CN(CC(C)C)CC(C)(C)O)[nH]c(=O)c12. The molecule has 0 radical (unpaired) electrons. The molecule has 0 saturated carbocycles. The highest BCUT2D eigenvalue weighted by Crippen LogP contribution is 2.29. The van der Waals surface area contributed by atoms with Gasteiger partial charge in [0.2, 0.25) is 0 Å². The van der Waals surface area contributed by atoms with Gasteiger partial charge in [-0.05, 0) is 31.7 Å². The number of nitrogens with zero attached hydrogens (tertiary/aromatic N) is 2. The number of fused-ring (bicyclic) bond motifs is 1. The molecule has 0 spiro atoms. The normalized spacial score (nSPS) is 12.3. The van der Waals surface area contributed by atoms with Gasteiger partial charge in [0, 0.05) is 13.1 Å². The van der Waals surface area contributed by atoms with Crippen LogP contribution in [-0.4, -0.2) is 51.7 Å². The summed E-state index contributed by atoms with van der Waals surface area (Å²) in [6.07, 6.45) is 0.548. The lowest BCUT2D eigenvalue weighted by atomic mass is 10.1. The number of carbonyl (C=O) groups excluding carboxylic acids is 1. The first kappa shape index (κ1) is 21.5. The van der Waals surface area contributed by atoms with Crippen molar-refractivity contribution in [3.63, 3.8) is 0 Å². The fourth-order valence-electron chi connectivity index (χ4n) is 3.24. The number of aryl methyl sites for hydroxylation is 1. The monoisotopic (exact) mass is 395 g/mol. The van der Waals surface area contributed by atoms with Gasteiger partial charge in [-0.15, -0.1) is 11.3 Å². The van der Waals surface area contributed by atoms with Crippen LogP contribution in [0, 0.1) is 5.92 Å². The van der Waals surface area contributed by atoms with Crippen LogP contribution in [0.15, 0.2) is 4.79 Å². The summed E-state index contributed by atoms with van der Waals surface area (Å²) in [5.41, 5.74) is -0.418. The molecule has 0 unspecified atom stereocenters. The Morgan fingerprint density at radius 3 is 2.59 bits per heavy atom. The lowest BCUT2D eigenvalue weighted by Crippen LogP contribution is -2.40. The summed E-state index contributed by atoms with van der Waals surface area (Å²) in [7, 11) is 1.33. The third-order valence-corrected chi connectivity index (χ3v) is 5.15. The number of nitrogens with one attached hydrogen (secondary N) is 1. The maximum Gasteiger partial charge on any atom is 0.348 e. The summed E-state index contributed by atoms with van der Waals surface area (Å²) in [5, 5.41) is 10.6. The van der Waals surface area contributed by atoms with Gasteiger partial charge in [0.25, 0.3) is 5.56 Å². The van der Waals surface area contributed by atoms with Crippen LogP contribution in [-0.2, 0) is 17.7 Å². The number of carbonyl (C=O) groups is 1. The van der Waals surface area contributed by atoms with Crippen molar-refractivity contribution in [1.29, 1.82) is 0 Å². The van der Waals surface area contributed by atoms with Crippen molar-refractivity contribution in [2.75, 3.05) is 20.2 Å². The first-order valence-corrected chi connectivity index (χ1v) is 9.95. The fourth-order valence-corrected chi connectivity index (χ4v) is 4.44. The van der Waals surface area contributed by atoms with E-state index < -0.39 is 11.6 Å². The van der Waals surface area contributed by atoms with E-state index in [0.717, 1.165) is 6.54 Å². The minimum Gasteiger partial charge on any atom is -0.465 e. The van der Waals surface area contributed by atoms with E-state index >= 15 is 0 Å². The van der Waals surface area contributed by atoms with Crippen LogP contribution in [0.3, 0.4) is 0 Å². The number of aliphatic hydroxyl groups is 1. The fraction of sp³-hybridized carbons (Fsp3) is 0.632. The molecule has 0 amide bonds. The topological polar surface area (TPSA) is 95.5 Å². The van der Waals surface area contributed by atoms with E-state index in [1.807, 2.05) is 6.92 Å². The smallest absolute Gasteiger partial charge is 0.348 e. The molecule has 0 aliphatic carbocycles. The second-order valence-corrected chi connectivity index (χ2v) is 8.82. The Balaban J connectivity index is 2.44. The molecule has 0 saturated heterocycles. The highest BCUT2D eigenvalue weighted by molar-refractivity contribution is 7.20. The standard InChI is InChI=1S/C19H29N3O4S/c1-7-12-14-16(23)20-13(21-17(14)27-15(12)18(24)26-6)9-22(8-11(2)3)10-19(4,5)25/h11,25H,7-10H2,1-6H3,(H,20,21,23). The van der Waals surface area contributed by atoms with Gasteiger partial charge in [-0.2, -0.15) is 0 Å². The largest absolute Gasteiger partial charge is 0.465 e. The number of ether oxygens (including phenoxy) is 1. The van der Waals surface area contributed by atoms with E-state index in [-0.39, 0.29) is 5.56 Å². The molecule has 2 rings (SSSR count). The van der Waals surface area contributed by atoms with Gasteiger partial charge in [0.1, 0.15) is 15.5 Å². The number of esters is 1. The number of rotatable bonds is 8. The average Bonchev–Trinajstić information content (AvgIpc) is 2.90. The van der Waals surface area contributed by atoms with Crippen molar-refractivity contribution >= 4 is 27.5 Å². The highest BCUT2D eigenvalue weighted by Gasteiger charge is 2.23. The van der Waals surface area contributed by atoms with Crippen LogP contribution in [0.1, 0.15) is 55.7 Å². The van der Waals surface area contributed by atoms with Crippen LogP contribution in [0.25, 0.3) is 10.2 Å². The van der Waals surface area contributed by atoms with Crippen molar-refractivity contribution in [2.24, 2.45) is 5.92 Å². The summed E-state index contributed by atoms with van der Waals surface area (Å²) in [5.74, 6) is 0.485. The maximum absolute atomic E-state index is 12.7. The number of aromatic nitrogens is 2. The Morgan fingerprint density at radius 1 is 1.41 bits per heavy atom. The molecule has 2 aromatic rings. The quantitative estimate of drug-likeness (QED) is 0.667. The molecule has 150 valence electrons. The van der Waals surface area contributed by atoms with Crippen LogP contribution in [0.4, 0.5) is 0 Å². The van der Waals surface area contributed by atoms with E-state index in [0.29, 0.717) is 51.9 Å². The van der Waals surface area contributed by atoms with E-state index in [1.165, 1.54) is 18.4 Å². The van der Waals surface area contributed by atoms with Crippen molar-refractivity contribution in [3.05, 3.63) is 26.6 Å². The van der Waals surface area contributed by atoms with E-state index in [2.05, 4.69) is 28.7 Å². The van der Waals surface area contributed by atoms with E-state index in [4.69, 9.17) is 4.74 Å². The first-order valence-electron chi connectivity index (χ1n) is 9.13. The molecule has 2 heterocycles. The van der Waals surface area contributed by atoms with E-state index in [1.54, 1.807) is 13.8 Å². The Bertz CT molecular complexity index is 864. The molecule has 7 nitrogen and oxygen atoms in total. The lowest BCUT2D eigenvalue weighted by molar-refractivity contribution is 0.0289. The average molecular weight is 396 g/mol. The zero-order valence-corrected chi connectivity index (χ0v) is 17.7. The molecule has 0 aliphatic heterocycles. The number of thiophene rings is 1. The van der Waals surface area contributed by atoms with Crippen molar-refractivity contribution in [2.45, 2.75) is 53.2 Å². The summed E-state index contributed by atoms with van der Waals surface area (Å²) < 4.78 is 4.84. The van der Waals surface area contributed by atoms with Gasteiger partial charge < -0.3 is 14.8 Å². The van der Waals surface area contributed by atoms with Crippen molar-refractivity contribution in [1.82, 2.24) is 14.9 Å². The Morgan fingerprint density at radius 2 is 2.07 bits per heavy atom. The lowest BCUT2D eigenvalue weighted by Gasteiger charge is -2.29. The molecule has 2 aromatic heterocycles. The zero-order chi connectivity index (χ0) is 20.4. The summed E-state index contributed by atoms with van der Waals surface area (Å²) in [4.78, 5) is 35.2. The minimum atomic E-state index is -0.852.